The van der Waals surface area contributed by atoms with Gasteiger partial charge in [-0.25, -0.2) is 0 Å². The van der Waals surface area contributed by atoms with E-state index in [0.717, 1.165) is 0 Å². The van der Waals surface area contributed by atoms with Gasteiger partial charge in [0.25, 0.3) is 0 Å². The van der Waals surface area contributed by atoms with Crippen molar-refractivity contribution in [3.8, 4) is 5.75 Å². The molecule has 8 heteroatoms. The van der Waals surface area contributed by atoms with Crippen LogP contribution in [0.5, 0.6) is 5.75 Å². The van der Waals surface area contributed by atoms with Gasteiger partial charge in [0.1, 0.15) is 11.3 Å². The zero-order chi connectivity index (χ0) is 20.8. The number of carbonyl (C=O) groups excluding carboxylic acids is 2. The van der Waals surface area contributed by atoms with Crippen LogP contribution >= 0.6 is 11.6 Å². The van der Waals surface area contributed by atoms with Crippen LogP contribution in [-0.2, 0) is 15.1 Å². The Morgan fingerprint density at radius 1 is 1.34 bits per heavy atom. The minimum Gasteiger partial charge on any atom is -0.495 e. The number of benzene rings is 2. The highest BCUT2D eigenvalue weighted by molar-refractivity contribution is 6.31. The summed E-state index contributed by atoms with van der Waals surface area (Å²) in [6.07, 6.45) is -0.431. The minimum absolute atomic E-state index is 0.300. The summed E-state index contributed by atoms with van der Waals surface area (Å²) in [6, 6.07) is 11.8. The molecule has 0 aliphatic carbocycles. The quantitative estimate of drug-likeness (QED) is 0.614. The number of para-hydroxylation sites is 1. The molecule has 2 aromatic carbocycles. The van der Waals surface area contributed by atoms with Crippen LogP contribution < -0.4 is 20.7 Å². The van der Waals surface area contributed by atoms with Crippen LogP contribution in [0.1, 0.15) is 18.9 Å². The maximum absolute atomic E-state index is 13.4. The third-order valence-electron chi connectivity index (χ3n) is 5.70. The SMILES string of the molecule is COc1ccc(Cl)cc1NC(=O)[C@@H]1C[C@H]([C@@H](C)O)N[C@]12C(=O)Nc1ccccc12. The van der Waals surface area contributed by atoms with Crippen LogP contribution in [-0.4, -0.2) is 36.2 Å². The van der Waals surface area contributed by atoms with Crippen LogP contribution in [0.15, 0.2) is 42.5 Å². The molecule has 1 spiro atoms. The number of methoxy groups -OCH3 is 1. The first-order valence-corrected chi connectivity index (χ1v) is 9.75. The molecule has 2 amide bonds. The van der Waals surface area contributed by atoms with Gasteiger partial charge in [-0.1, -0.05) is 29.8 Å². The third kappa shape index (κ3) is 3.15. The van der Waals surface area contributed by atoms with Gasteiger partial charge >= 0.3 is 0 Å². The second kappa shape index (κ2) is 7.33. The highest BCUT2D eigenvalue weighted by atomic mass is 35.5. The van der Waals surface area contributed by atoms with Gasteiger partial charge in [0.15, 0.2) is 0 Å². The van der Waals surface area contributed by atoms with Crippen LogP contribution in [0.2, 0.25) is 5.02 Å². The van der Waals surface area contributed by atoms with Crippen molar-refractivity contribution >= 4 is 34.8 Å². The van der Waals surface area contributed by atoms with E-state index in [4.69, 9.17) is 16.3 Å². The van der Waals surface area contributed by atoms with Gasteiger partial charge in [-0.3, -0.25) is 14.9 Å². The van der Waals surface area contributed by atoms with E-state index in [0.29, 0.717) is 34.1 Å². The van der Waals surface area contributed by atoms with Crippen LogP contribution in [0.4, 0.5) is 11.4 Å². The smallest absolute Gasteiger partial charge is 0.250 e. The number of carbonyl (C=O) groups is 2. The minimum atomic E-state index is -1.26. The van der Waals surface area contributed by atoms with Crippen molar-refractivity contribution in [1.82, 2.24) is 5.32 Å². The van der Waals surface area contributed by atoms with E-state index in [-0.39, 0.29) is 11.8 Å². The molecule has 4 N–H and O–H groups in total. The summed E-state index contributed by atoms with van der Waals surface area (Å²) in [5, 5.41) is 19.6. The van der Waals surface area contributed by atoms with E-state index < -0.39 is 23.6 Å². The van der Waals surface area contributed by atoms with Crippen LogP contribution in [0.25, 0.3) is 0 Å². The number of ether oxygens (including phenoxy) is 1. The zero-order valence-corrected chi connectivity index (χ0v) is 16.8. The van der Waals surface area contributed by atoms with Crippen molar-refractivity contribution in [3.63, 3.8) is 0 Å². The Hall–Kier alpha value is -2.61. The molecule has 1 fully saturated rings. The van der Waals surface area contributed by atoms with Crippen molar-refractivity contribution < 1.29 is 19.4 Å². The number of fused-ring (bicyclic) bond motifs is 2. The molecule has 0 radical (unpaired) electrons. The van der Waals surface area contributed by atoms with E-state index in [1.807, 2.05) is 18.2 Å². The average Bonchev–Trinajstić information content (AvgIpc) is 3.22. The number of nitrogens with one attached hydrogen (secondary N) is 3. The monoisotopic (exact) mass is 415 g/mol. The van der Waals surface area contributed by atoms with Gasteiger partial charge in [-0.2, -0.15) is 0 Å². The second-order valence-electron chi connectivity index (χ2n) is 7.42. The number of halogens is 1. The van der Waals surface area contributed by atoms with E-state index in [1.165, 1.54) is 7.11 Å². The topological polar surface area (TPSA) is 99.7 Å². The molecule has 4 atom stereocenters. The molecule has 4 rings (SSSR count). The lowest BCUT2D eigenvalue weighted by atomic mass is 9.79. The molecular weight excluding hydrogens is 394 g/mol. The number of rotatable bonds is 4. The Morgan fingerprint density at radius 3 is 2.83 bits per heavy atom. The molecule has 2 aromatic rings. The van der Waals surface area contributed by atoms with E-state index in [1.54, 1.807) is 31.2 Å². The summed E-state index contributed by atoms with van der Waals surface area (Å²) >= 11 is 6.08. The van der Waals surface area contributed by atoms with Crippen molar-refractivity contribution in [2.45, 2.75) is 31.0 Å². The normalized spacial score (nSPS) is 26.1. The van der Waals surface area contributed by atoms with Gasteiger partial charge in [0.05, 0.1) is 24.8 Å². The summed E-state index contributed by atoms with van der Waals surface area (Å²) in [7, 11) is 1.50. The molecule has 7 nitrogen and oxygen atoms in total. The molecule has 2 aliphatic rings. The number of aliphatic hydroxyl groups excluding tert-OH is 1. The Kier molecular flexibility index (Phi) is 4.98. The lowest BCUT2D eigenvalue weighted by molar-refractivity contribution is -0.130. The third-order valence-corrected chi connectivity index (χ3v) is 5.94. The average molecular weight is 416 g/mol. The Morgan fingerprint density at radius 2 is 2.10 bits per heavy atom. The lowest BCUT2D eigenvalue weighted by Crippen LogP contribution is -2.53. The molecule has 2 heterocycles. The molecule has 0 saturated carbocycles. The highest BCUT2D eigenvalue weighted by Gasteiger charge is 2.60. The number of aliphatic hydroxyl groups is 1. The summed E-state index contributed by atoms with van der Waals surface area (Å²) in [5.41, 5.74) is 0.529. The molecule has 1 saturated heterocycles. The second-order valence-corrected chi connectivity index (χ2v) is 7.86. The Labute approximate surface area is 173 Å². The number of anilines is 2. The molecule has 0 unspecified atom stereocenters. The highest BCUT2D eigenvalue weighted by Crippen LogP contribution is 2.47. The van der Waals surface area contributed by atoms with Crippen LogP contribution in [0, 0.1) is 5.92 Å². The first-order chi connectivity index (χ1) is 13.9. The molecule has 29 heavy (non-hydrogen) atoms. The first-order valence-electron chi connectivity index (χ1n) is 9.38. The fourth-order valence-corrected chi connectivity index (χ4v) is 4.44. The molecular formula is C21H22ClN3O4. The summed E-state index contributed by atoms with van der Waals surface area (Å²) < 4.78 is 5.31. The Bertz CT molecular complexity index is 980. The van der Waals surface area contributed by atoms with Crippen molar-refractivity contribution in [3.05, 3.63) is 53.1 Å². The maximum Gasteiger partial charge on any atom is 0.250 e. The Balaban J connectivity index is 1.74. The fourth-order valence-electron chi connectivity index (χ4n) is 4.27. The summed E-state index contributed by atoms with van der Waals surface area (Å²) in [6.45, 7) is 1.64. The van der Waals surface area contributed by atoms with Gasteiger partial charge < -0.3 is 20.5 Å². The molecule has 0 bridgehead atoms. The van der Waals surface area contributed by atoms with Gasteiger partial charge in [0, 0.05) is 22.3 Å². The zero-order valence-electron chi connectivity index (χ0n) is 16.0. The maximum atomic E-state index is 13.4. The largest absolute Gasteiger partial charge is 0.495 e. The molecule has 2 aliphatic heterocycles. The van der Waals surface area contributed by atoms with E-state index >= 15 is 0 Å². The van der Waals surface area contributed by atoms with Crippen molar-refractivity contribution in [2.75, 3.05) is 17.7 Å². The standard InChI is InChI=1S/C21H22ClN3O4/c1-11(26)16-10-14(19(27)23-17-9-12(22)7-8-18(17)29-2)21(25-16)13-5-3-4-6-15(13)24-20(21)28/h3-9,11,14,16,25-26H,10H2,1-2H3,(H,23,27)(H,24,28)/t11-,14+,16-,21+/m1/s1. The number of hydrogen-bond acceptors (Lipinski definition) is 5. The van der Waals surface area contributed by atoms with Crippen molar-refractivity contribution in [2.24, 2.45) is 5.92 Å². The summed E-state index contributed by atoms with van der Waals surface area (Å²) in [4.78, 5) is 26.5. The first kappa shape index (κ1) is 19.7. The lowest BCUT2D eigenvalue weighted by Gasteiger charge is -2.29. The van der Waals surface area contributed by atoms with E-state index in [9.17, 15) is 14.7 Å². The van der Waals surface area contributed by atoms with Gasteiger partial charge in [-0.15, -0.1) is 0 Å². The predicted molar refractivity (Wildman–Crippen MR) is 110 cm³/mol. The van der Waals surface area contributed by atoms with Crippen molar-refractivity contribution in [1.29, 1.82) is 0 Å². The van der Waals surface area contributed by atoms with E-state index in [2.05, 4.69) is 16.0 Å². The van der Waals surface area contributed by atoms with Gasteiger partial charge in [0.2, 0.25) is 11.8 Å². The molecule has 152 valence electrons. The fraction of sp³-hybridized carbons (Fsp3) is 0.333. The number of amides is 2. The van der Waals surface area contributed by atoms with Gasteiger partial charge in [-0.05, 0) is 37.6 Å². The number of hydrogen-bond donors (Lipinski definition) is 4. The summed E-state index contributed by atoms with van der Waals surface area (Å²) in [5.74, 6) is -0.936. The van der Waals surface area contributed by atoms with Crippen LogP contribution in [0.3, 0.4) is 0 Å². The molecule has 0 aromatic heterocycles. The predicted octanol–water partition coefficient (Wildman–Crippen LogP) is 2.49.